The lowest BCUT2D eigenvalue weighted by atomic mass is 10.1. The van der Waals surface area contributed by atoms with Crippen LogP contribution in [-0.4, -0.2) is 23.1 Å². The molecule has 4 nitrogen and oxygen atoms in total. The van der Waals surface area contributed by atoms with Gasteiger partial charge in [0.25, 0.3) is 0 Å². The van der Waals surface area contributed by atoms with Crippen molar-refractivity contribution < 1.29 is 0 Å². The highest BCUT2D eigenvalue weighted by atomic mass is 15.2. The van der Waals surface area contributed by atoms with Crippen LogP contribution in [0.1, 0.15) is 24.8 Å². The van der Waals surface area contributed by atoms with Crippen molar-refractivity contribution in [2.24, 2.45) is 0 Å². The first kappa shape index (κ1) is 14.9. The van der Waals surface area contributed by atoms with E-state index in [0.717, 1.165) is 35.5 Å². The number of para-hydroxylation sites is 1. The van der Waals surface area contributed by atoms with Crippen molar-refractivity contribution in [1.29, 1.82) is 0 Å². The zero-order valence-corrected chi connectivity index (χ0v) is 14.0. The minimum absolute atomic E-state index is 0.665. The van der Waals surface area contributed by atoms with Gasteiger partial charge in [-0.2, -0.15) is 4.98 Å². The third-order valence-electron chi connectivity index (χ3n) is 4.55. The second-order valence-electron chi connectivity index (χ2n) is 6.43. The number of anilines is 3. The SMILES string of the molecule is Cc1ccc(Nc2nc(N3CCCCC3)c3ccccc3n2)cc1. The van der Waals surface area contributed by atoms with Crippen molar-refractivity contribution in [1.82, 2.24) is 9.97 Å². The van der Waals surface area contributed by atoms with Gasteiger partial charge in [-0.25, -0.2) is 4.98 Å². The van der Waals surface area contributed by atoms with Gasteiger partial charge >= 0.3 is 0 Å². The molecule has 1 saturated heterocycles. The fourth-order valence-electron chi connectivity index (χ4n) is 3.23. The Morgan fingerprint density at radius 2 is 1.62 bits per heavy atom. The third kappa shape index (κ3) is 3.04. The first-order chi connectivity index (χ1) is 11.8. The normalized spacial score (nSPS) is 14.8. The average molecular weight is 318 g/mol. The van der Waals surface area contributed by atoms with E-state index in [4.69, 9.17) is 9.97 Å². The monoisotopic (exact) mass is 318 g/mol. The molecule has 122 valence electrons. The van der Waals surface area contributed by atoms with Crippen LogP contribution in [0.5, 0.6) is 0 Å². The minimum atomic E-state index is 0.665. The lowest BCUT2D eigenvalue weighted by molar-refractivity contribution is 0.575. The molecule has 0 amide bonds. The van der Waals surface area contributed by atoms with Crippen LogP contribution < -0.4 is 10.2 Å². The number of hydrogen-bond donors (Lipinski definition) is 1. The lowest BCUT2D eigenvalue weighted by Crippen LogP contribution is -2.30. The Balaban J connectivity index is 1.74. The number of aromatic nitrogens is 2. The molecule has 4 rings (SSSR count). The van der Waals surface area contributed by atoms with Gasteiger partial charge in [0.05, 0.1) is 5.52 Å². The number of piperidine rings is 1. The summed E-state index contributed by atoms with van der Waals surface area (Å²) < 4.78 is 0. The summed E-state index contributed by atoms with van der Waals surface area (Å²) in [7, 11) is 0. The summed E-state index contributed by atoms with van der Waals surface area (Å²) in [6.07, 6.45) is 3.78. The molecule has 1 aliphatic heterocycles. The molecule has 24 heavy (non-hydrogen) atoms. The van der Waals surface area contributed by atoms with E-state index in [-0.39, 0.29) is 0 Å². The largest absolute Gasteiger partial charge is 0.356 e. The lowest BCUT2D eigenvalue weighted by Gasteiger charge is -2.28. The Morgan fingerprint density at radius 1 is 0.875 bits per heavy atom. The van der Waals surface area contributed by atoms with Gasteiger partial charge < -0.3 is 10.2 Å². The van der Waals surface area contributed by atoms with E-state index in [1.54, 1.807) is 0 Å². The number of hydrogen-bond acceptors (Lipinski definition) is 4. The Kier molecular flexibility index (Phi) is 4.03. The molecule has 2 aromatic carbocycles. The molecule has 0 radical (unpaired) electrons. The summed E-state index contributed by atoms with van der Waals surface area (Å²) in [5, 5.41) is 4.49. The van der Waals surface area contributed by atoms with Gasteiger partial charge in [0.1, 0.15) is 5.82 Å². The van der Waals surface area contributed by atoms with Gasteiger partial charge in [0, 0.05) is 24.2 Å². The number of nitrogens with zero attached hydrogens (tertiary/aromatic N) is 3. The first-order valence-electron chi connectivity index (χ1n) is 8.65. The van der Waals surface area contributed by atoms with Crippen LogP contribution in [0, 0.1) is 6.92 Å². The molecule has 0 spiro atoms. The molecule has 0 atom stereocenters. The fourth-order valence-corrected chi connectivity index (χ4v) is 3.23. The van der Waals surface area contributed by atoms with E-state index in [1.807, 2.05) is 6.07 Å². The molecule has 4 heteroatoms. The zero-order chi connectivity index (χ0) is 16.4. The molecular weight excluding hydrogens is 296 g/mol. The topological polar surface area (TPSA) is 41.1 Å². The molecule has 2 heterocycles. The molecule has 0 saturated carbocycles. The number of benzene rings is 2. The van der Waals surface area contributed by atoms with Gasteiger partial charge in [-0.05, 0) is 50.5 Å². The predicted molar refractivity (Wildman–Crippen MR) is 100 cm³/mol. The molecule has 0 unspecified atom stereocenters. The van der Waals surface area contributed by atoms with Crippen molar-refractivity contribution in [2.75, 3.05) is 23.3 Å². The molecule has 0 bridgehead atoms. The van der Waals surface area contributed by atoms with Crippen LogP contribution >= 0.6 is 0 Å². The van der Waals surface area contributed by atoms with E-state index >= 15 is 0 Å². The predicted octanol–water partition coefficient (Wildman–Crippen LogP) is 4.67. The fraction of sp³-hybridized carbons (Fsp3) is 0.300. The molecule has 1 N–H and O–H groups in total. The number of fused-ring (bicyclic) bond motifs is 1. The van der Waals surface area contributed by atoms with Gasteiger partial charge in [-0.1, -0.05) is 29.8 Å². The van der Waals surface area contributed by atoms with Gasteiger partial charge in [0.15, 0.2) is 0 Å². The van der Waals surface area contributed by atoms with E-state index in [0.29, 0.717) is 5.95 Å². The van der Waals surface area contributed by atoms with E-state index in [2.05, 4.69) is 59.6 Å². The van der Waals surface area contributed by atoms with Crippen LogP contribution in [0.3, 0.4) is 0 Å². The molecule has 1 fully saturated rings. The van der Waals surface area contributed by atoms with Crippen molar-refractivity contribution in [3.05, 3.63) is 54.1 Å². The summed E-state index contributed by atoms with van der Waals surface area (Å²) in [5.74, 6) is 1.72. The molecule has 1 aromatic heterocycles. The van der Waals surface area contributed by atoms with Crippen molar-refractivity contribution in [3.63, 3.8) is 0 Å². The highest BCUT2D eigenvalue weighted by molar-refractivity contribution is 5.90. The summed E-state index contributed by atoms with van der Waals surface area (Å²) in [6, 6.07) is 16.6. The molecule has 0 aliphatic carbocycles. The second-order valence-corrected chi connectivity index (χ2v) is 6.43. The van der Waals surface area contributed by atoms with E-state index in [9.17, 15) is 0 Å². The van der Waals surface area contributed by atoms with E-state index in [1.165, 1.54) is 24.8 Å². The van der Waals surface area contributed by atoms with Gasteiger partial charge in [-0.3, -0.25) is 0 Å². The standard InChI is InChI=1S/C20H22N4/c1-15-9-11-16(12-10-15)21-20-22-18-8-4-3-7-17(18)19(23-20)24-13-5-2-6-14-24/h3-4,7-12H,2,5-6,13-14H2,1H3,(H,21,22,23). The first-order valence-corrected chi connectivity index (χ1v) is 8.65. The van der Waals surface area contributed by atoms with Crippen LogP contribution in [0.4, 0.5) is 17.5 Å². The Hall–Kier alpha value is -2.62. The van der Waals surface area contributed by atoms with Crippen LogP contribution in [-0.2, 0) is 0 Å². The highest BCUT2D eigenvalue weighted by Gasteiger charge is 2.17. The zero-order valence-electron chi connectivity index (χ0n) is 14.0. The Labute approximate surface area is 142 Å². The van der Waals surface area contributed by atoms with Crippen LogP contribution in [0.25, 0.3) is 10.9 Å². The third-order valence-corrected chi connectivity index (χ3v) is 4.55. The Morgan fingerprint density at radius 3 is 2.42 bits per heavy atom. The van der Waals surface area contributed by atoms with Crippen molar-refractivity contribution >= 4 is 28.4 Å². The van der Waals surface area contributed by atoms with E-state index < -0.39 is 0 Å². The second kappa shape index (κ2) is 6.48. The van der Waals surface area contributed by atoms with Crippen LogP contribution in [0.15, 0.2) is 48.5 Å². The summed E-state index contributed by atoms with van der Waals surface area (Å²) in [6.45, 7) is 4.24. The molecule has 1 aliphatic rings. The van der Waals surface area contributed by atoms with Crippen molar-refractivity contribution in [2.45, 2.75) is 26.2 Å². The minimum Gasteiger partial charge on any atom is -0.356 e. The maximum atomic E-state index is 4.85. The van der Waals surface area contributed by atoms with Gasteiger partial charge in [0.2, 0.25) is 5.95 Å². The number of nitrogens with one attached hydrogen (secondary N) is 1. The quantitative estimate of drug-likeness (QED) is 0.762. The van der Waals surface area contributed by atoms with Crippen molar-refractivity contribution in [3.8, 4) is 0 Å². The summed E-state index contributed by atoms with van der Waals surface area (Å²) >= 11 is 0. The van der Waals surface area contributed by atoms with Gasteiger partial charge in [-0.15, -0.1) is 0 Å². The maximum absolute atomic E-state index is 4.85. The number of rotatable bonds is 3. The average Bonchev–Trinajstić information content (AvgIpc) is 2.64. The van der Waals surface area contributed by atoms with Crippen LogP contribution in [0.2, 0.25) is 0 Å². The molecular formula is C20H22N4. The highest BCUT2D eigenvalue weighted by Crippen LogP contribution is 2.28. The smallest absolute Gasteiger partial charge is 0.229 e. The summed E-state index contributed by atoms with van der Waals surface area (Å²) in [5.41, 5.74) is 3.25. The summed E-state index contributed by atoms with van der Waals surface area (Å²) in [4.78, 5) is 11.9. The molecule has 3 aromatic rings. The maximum Gasteiger partial charge on any atom is 0.229 e. The number of aryl methyl sites for hydroxylation is 1. The Bertz CT molecular complexity index is 836.